The maximum Gasteiger partial charge on any atom is 0.266 e. The quantitative estimate of drug-likeness (QED) is 0.334. The predicted molar refractivity (Wildman–Crippen MR) is 132 cm³/mol. The van der Waals surface area contributed by atoms with Crippen LogP contribution in [0.4, 0.5) is 5.69 Å². The highest BCUT2D eigenvalue weighted by Gasteiger charge is 2.16. The second-order valence-corrected chi connectivity index (χ2v) is 9.00. The van der Waals surface area contributed by atoms with Crippen LogP contribution in [-0.4, -0.2) is 21.2 Å². The number of rotatable bonds is 5. The standard InChI is InChI=1S/C26H25N3O2S/c1-16-9-10-19(4)23(14-16)27-24(30)15-32-26-28-22-8-6-5-7-21(22)25(31)29(26)20-12-17(2)11-18(3)13-20/h5-14H,15H2,1-4H3,(H,27,30). The Kier molecular flexibility index (Phi) is 6.15. The molecule has 0 fully saturated rings. The Morgan fingerprint density at radius 3 is 2.41 bits per heavy atom. The van der Waals surface area contributed by atoms with E-state index in [1.807, 2.05) is 76.2 Å². The lowest BCUT2D eigenvalue weighted by Gasteiger charge is -2.15. The molecule has 1 N–H and O–H groups in total. The Balaban J connectivity index is 1.70. The van der Waals surface area contributed by atoms with Gasteiger partial charge in [0.15, 0.2) is 5.16 Å². The molecule has 0 aliphatic carbocycles. The molecular formula is C26H25N3O2S. The first-order valence-corrected chi connectivity index (χ1v) is 11.4. The van der Waals surface area contributed by atoms with Crippen LogP contribution >= 0.6 is 11.8 Å². The second kappa shape index (κ2) is 9.01. The smallest absolute Gasteiger partial charge is 0.266 e. The number of nitrogens with zero attached hydrogens (tertiary/aromatic N) is 2. The Labute approximate surface area is 191 Å². The number of fused-ring (bicyclic) bond motifs is 1. The molecule has 4 rings (SSSR count). The van der Waals surface area contributed by atoms with Crippen molar-refractivity contribution in [2.24, 2.45) is 0 Å². The molecule has 1 amide bonds. The average molecular weight is 444 g/mol. The maximum atomic E-state index is 13.4. The molecule has 0 atom stereocenters. The Morgan fingerprint density at radius 2 is 1.66 bits per heavy atom. The number of aryl methyl sites for hydroxylation is 4. The molecule has 0 aliphatic heterocycles. The first-order valence-electron chi connectivity index (χ1n) is 10.4. The number of benzene rings is 3. The van der Waals surface area contributed by atoms with E-state index < -0.39 is 0 Å². The van der Waals surface area contributed by atoms with Gasteiger partial charge in [-0.3, -0.25) is 14.2 Å². The van der Waals surface area contributed by atoms with Gasteiger partial charge in [0.25, 0.3) is 5.56 Å². The number of aromatic nitrogens is 2. The monoisotopic (exact) mass is 443 g/mol. The summed E-state index contributed by atoms with van der Waals surface area (Å²) in [5, 5.41) is 4.02. The van der Waals surface area contributed by atoms with Crippen LogP contribution in [0.3, 0.4) is 0 Å². The number of carbonyl (C=O) groups excluding carboxylic acids is 1. The Bertz CT molecular complexity index is 1370. The van der Waals surface area contributed by atoms with Crippen LogP contribution in [0.5, 0.6) is 0 Å². The molecule has 0 saturated heterocycles. The fourth-order valence-electron chi connectivity index (χ4n) is 3.70. The van der Waals surface area contributed by atoms with Gasteiger partial charge in [0, 0.05) is 5.69 Å². The van der Waals surface area contributed by atoms with Crippen LogP contribution in [-0.2, 0) is 4.79 Å². The number of hydrogen-bond donors (Lipinski definition) is 1. The number of nitrogens with one attached hydrogen (secondary N) is 1. The number of hydrogen-bond acceptors (Lipinski definition) is 4. The first kappa shape index (κ1) is 21.8. The summed E-state index contributed by atoms with van der Waals surface area (Å²) in [5.74, 6) is 0.00116. The fraction of sp³-hybridized carbons (Fsp3) is 0.192. The van der Waals surface area contributed by atoms with Crippen LogP contribution in [0.1, 0.15) is 22.3 Å². The van der Waals surface area contributed by atoms with E-state index in [0.717, 1.165) is 33.6 Å². The zero-order valence-electron chi connectivity index (χ0n) is 18.6. The minimum absolute atomic E-state index is 0.141. The number of amides is 1. The van der Waals surface area contributed by atoms with Gasteiger partial charge in [-0.1, -0.05) is 42.1 Å². The van der Waals surface area contributed by atoms with Crippen molar-refractivity contribution in [2.45, 2.75) is 32.9 Å². The summed E-state index contributed by atoms with van der Waals surface area (Å²) >= 11 is 1.26. The van der Waals surface area contributed by atoms with Crippen molar-refractivity contribution in [1.29, 1.82) is 0 Å². The van der Waals surface area contributed by atoms with Crippen LogP contribution in [0.25, 0.3) is 16.6 Å². The highest BCUT2D eigenvalue weighted by atomic mass is 32.2. The zero-order chi connectivity index (χ0) is 22.8. The molecule has 0 radical (unpaired) electrons. The van der Waals surface area contributed by atoms with Crippen molar-refractivity contribution in [3.8, 4) is 5.69 Å². The predicted octanol–water partition coefficient (Wildman–Crippen LogP) is 5.35. The average Bonchev–Trinajstić information content (AvgIpc) is 2.74. The van der Waals surface area contributed by atoms with E-state index in [1.165, 1.54) is 11.8 Å². The molecule has 5 nitrogen and oxygen atoms in total. The van der Waals surface area contributed by atoms with Crippen LogP contribution < -0.4 is 10.9 Å². The van der Waals surface area contributed by atoms with Crippen LogP contribution in [0.2, 0.25) is 0 Å². The first-order chi connectivity index (χ1) is 15.3. The summed E-state index contributed by atoms with van der Waals surface area (Å²) in [6.07, 6.45) is 0. The molecule has 3 aromatic carbocycles. The normalized spacial score (nSPS) is 11.0. The number of para-hydroxylation sites is 1. The van der Waals surface area contributed by atoms with Gasteiger partial charge in [-0.15, -0.1) is 0 Å². The third kappa shape index (κ3) is 4.60. The van der Waals surface area contributed by atoms with Gasteiger partial charge in [-0.25, -0.2) is 4.98 Å². The van der Waals surface area contributed by atoms with E-state index in [4.69, 9.17) is 4.98 Å². The lowest BCUT2D eigenvalue weighted by molar-refractivity contribution is -0.113. The molecule has 1 aromatic heterocycles. The van der Waals surface area contributed by atoms with Crippen molar-refractivity contribution in [2.75, 3.05) is 11.1 Å². The molecule has 0 saturated carbocycles. The molecule has 6 heteroatoms. The minimum Gasteiger partial charge on any atom is -0.325 e. The molecular weight excluding hydrogens is 418 g/mol. The van der Waals surface area contributed by atoms with E-state index in [1.54, 1.807) is 10.6 Å². The van der Waals surface area contributed by atoms with Crippen LogP contribution in [0.15, 0.2) is 70.6 Å². The van der Waals surface area contributed by atoms with Gasteiger partial charge in [-0.05, 0) is 80.3 Å². The van der Waals surface area contributed by atoms with Gasteiger partial charge < -0.3 is 5.32 Å². The summed E-state index contributed by atoms with van der Waals surface area (Å²) in [5.41, 5.74) is 6.24. The topological polar surface area (TPSA) is 64.0 Å². The largest absolute Gasteiger partial charge is 0.325 e. The van der Waals surface area contributed by atoms with E-state index in [9.17, 15) is 9.59 Å². The molecule has 0 unspecified atom stereocenters. The van der Waals surface area contributed by atoms with Crippen molar-refractivity contribution >= 4 is 34.3 Å². The van der Waals surface area contributed by atoms with Crippen molar-refractivity contribution in [1.82, 2.24) is 9.55 Å². The lowest BCUT2D eigenvalue weighted by Crippen LogP contribution is -2.23. The van der Waals surface area contributed by atoms with Gasteiger partial charge in [0.1, 0.15) is 0 Å². The molecule has 162 valence electrons. The van der Waals surface area contributed by atoms with Gasteiger partial charge in [0.2, 0.25) is 5.91 Å². The maximum absolute atomic E-state index is 13.4. The number of anilines is 1. The summed E-state index contributed by atoms with van der Waals surface area (Å²) in [4.78, 5) is 30.8. The molecule has 0 spiro atoms. The highest BCUT2D eigenvalue weighted by molar-refractivity contribution is 7.99. The zero-order valence-corrected chi connectivity index (χ0v) is 19.4. The summed E-state index contributed by atoms with van der Waals surface area (Å²) in [6, 6.07) is 19.2. The highest BCUT2D eigenvalue weighted by Crippen LogP contribution is 2.23. The number of thioether (sulfide) groups is 1. The van der Waals surface area contributed by atoms with Crippen molar-refractivity contribution in [3.63, 3.8) is 0 Å². The lowest BCUT2D eigenvalue weighted by atomic mass is 10.1. The van der Waals surface area contributed by atoms with E-state index in [2.05, 4.69) is 11.4 Å². The van der Waals surface area contributed by atoms with Gasteiger partial charge >= 0.3 is 0 Å². The van der Waals surface area contributed by atoms with Crippen molar-refractivity contribution in [3.05, 3.63) is 93.3 Å². The second-order valence-electron chi connectivity index (χ2n) is 8.05. The minimum atomic E-state index is -0.141. The molecule has 0 bridgehead atoms. The third-order valence-electron chi connectivity index (χ3n) is 5.21. The van der Waals surface area contributed by atoms with Gasteiger partial charge in [-0.2, -0.15) is 0 Å². The molecule has 32 heavy (non-hydrogen) atoms. The molecule has 4 aromatic rings. The van der Waals surface area contributed by atoms with E-state index in [-0.39, 0.29) is 17.2 Å². The summed E-state index contributed by atoms with van der Waals surface area (Å²) in [6.45, 7) is 7.96. The van der Waals surface area contributed by atoms with Crippen molar-refractivity contribution < 1.29 is 4.79 Å². The molecule has 1 heterocycles. The van der Waals surface area contributed by atoms with E-state index in [0.29, 0.717) is 16.1 Å². The van der Waals surface area contributed by atoms with Gasteiger partial charge in [0.05, 0.1) is 22.3 Å². The number of carbonyl (C=O) groups is 1. The Hall–Kier alpha value is -3.38. The Morgan fingerprint density at radius 1 is 0.938 bits per heavy atom. The summed E-state index contributed by atoms with van der Waals surface area (Å²) < 4.78 is 1.61. The fourth-order valence-corrected chi connectivity index (χ4v) is 4.52. The SMILES string of the molecule is Cc1cc(C)cc(-n2c(SCC(=O)Nc3cc(C)ccc3C)nc3ccccc3c2=O)c1. The summed E-state index contributed by atoms with van der Waals surface area (Å²) in [7, 11) is 0. The third-order valence-corrected chi connectivity index (χ3v) is 6.15. The molecule has 0 aliphatic rings. The van der Waals surface area contributed by atoms with E-state index >= 15 is 0 Å². The van der Waals surface area contributed by atoms with Crippen LogP contribution in [0, 0.1) is 27.7 Å².